The monoisotopic (exact) mass is 391 g/mol. The summed E-state index contributed by atoms with van der Waals surface area (Å²) in [6, 6.07) is 2.53. The molecule has 0 spiro atoms. The van der Waals surface area contributed by atoms with Gasteiger partial charge in [-0.05, 0) is 39.8 Å². The quantitative estimate of drug-likeness (QED) is 0.826. The lowest BCUT2D eigenvalue weighted by atomic mass is 10.1. The maximum atomic E-state index is 13.4. The molecule has 1 aromatic heterocycles. The molecule has 0 aliphatic carbocycles. The van der Waals surface area contributed by atoms with Gasteiger partial charge in [0.25, 0.3) is 5.91 Å². The molecule has 2 aromatic rings. The topological polar surface area (TPSA) is 79.3 Å². The second-order valence-electron chi connectivity index (χ2n) is 7.93. The Labute approximate surface area is 161 Å². The first-order chi connectivity index (χ1) is 13.0. The van der Waals surface area contributed by atoms with Crippen molar-refractivity contribution in [2.24, 2.45) is 0 Å². The summed E-state index contributed by atoms with van der Waals surface area (Å²) >= 11 is 0. The standard InChI is InChI=1S/C19H23F2N5O2/c1-11-8-25-10-22-16(17(27)24-19(2,3)4)15(25)9-26(11)18(28)23-12-5-6-13(20)14(21)7-12/h5-7,10-11H,8-9H2,1-4H3,(H,23,28)(H,24,27)/t11-/m0/s1. The molecular formula is C19H23F2N5O2. The van der Waals surface area contributed by atoms with E-state index >= 15 is 0 Å². The van der Waals surface area contributed by atoms with Crippen molar-refractivity contribution in [2.45, 2.75) is 52.4 Å². The first-order valence-electron chi connectivity index (χ1n) is 8.94. The summed E-state index contributed by atoms with van der Waals surface area (Å²) in [5.74, 6) is -2.33. The van der Waals surface area contributed by atoms with Crippen molar-refractivity contribution in [3.05, 3.63) is 47.5 Å². The van der Waals surface area contributed by atoms with E-state index in [9.17, 15) is 18.4 Å². The first kappa shape index (κ1) is 19.8. The largest absolute Gasteiger partial charge is 0.346 e. The fourth-order valence-corrected chi connectivity index (χ4v) is 3.06. The Morgan fingerprint density at radius 1 is 1.21 bits per heavy atom. The molecule has 7 nitrogen and oxygen atoms in total. The molecule has 0 unspecified atom stereocenters. The summed E-state index contributed by atoms with van der Waals surface area (Å²) in [6.45, 7) is 8.12. The number of carbonyl (C=O) groups excluding carboxylic acids is 2. The number of anilines is 1. The van der Waals surface area contributed by atoms with Gasteiger partial charge in [-0.15, -0.1) is 0 Å². The minimum Gasteiger partial charge on any atom is -0.346 e. The third-order valence-corrected chi connectivity index (χ3v) is 4.39. The highest BCUT2D eigenvalue weighted by atomic mass is 19.2. The molecule has 150 valence electrons. The van der Waals surface area contributed by atoms with E-state index in [2.05, 4.69) is 15.6 Å². The van der Waals surface area contributed by atoms with Crippen molar-refractivity contribution in [1.29, 1.82) is 0 Å². The molecule has 2 N–H and O–H groups in total. The molecule has 1 aromatic carbocycles. The molecule has 0 radical (unpaired) electrons. The molecule has 0 saturated carbocycles. The second-order valence-corrected chi connectivity index (χ2v) is 7.93. The van der Waals surface area contributed by atoms with E-state index in [1.807, 2.05) is 32.3 Å². The van der Waals surface area contributed by atoms with Crippen LogP contribution in [0.15, 0.2) is 24.5 Å². The lowest BCUT2D eigenvalue weighted by molar-refractivity contribution is 0.0909. The van der Waals surface area contributed by atoms with Crippen LogP contribution in [0.25, 0.3) is 0 Å². The maximum Gasteiger partial charge on any atom is 0.322 e. The molecule has 1 aliphatic heterocycles. The fraction of sp³-hybridized carbons (Fsp3) is 0.421. The van der Waals surface area contributed by atoms with E-state index < -0.39 is 23.2 Å². The van der Waals surface area contributed by atoms with Crippen LogP contribution in [0.2, 0.25) is 0 Å². The lowest BCUT2D eigenvalue weighted by Gasteiger charge is -2.34. The summed E-state index contributed by atoms with van der Waals surface area (Å²) in [7, 11) is 0. The van der Waals surface area contributed by atoms with Crippen molar-refractivity contribution in [1.82, 2.24) is 19.8 Å². The summed E-state index contributed by atoms with van der Waals surface area (Å²) < 4.78 is 28.3. The van der Waals surface area contributed by atoms with Crippen molar-refractivity contribution in [3.8, 4) is 0 Å². The van der Waals surface area contributed by atoms with E-state index in [0.717, 1.165) is 12.1 Å². The third-order valence-electron chi connectivity index (χ3n) is 4.39. The molecule has 1 atom stereocenters. The number of fused-ring (bicyclic) bond motifs is 1. The van der Waals surface area contributed by atoms with Crippen LogP contribution in [-0.2, 0) is 13.1 Å². The van der Waals surface area contributed by atoms with Crippen molar-refractivity contribution < 1.29 is 18.4 Å². The number of benzene rings is 1. The van der Waals surface area contributed by atoms with Crippen molar-refractivity contribution >= 4 is 17.6 Å². The van der Waals surface area contributed by atoms with Crippen LogP contribution in [0.4, 0.5) is 19.3 Å². The predicted molar refractivity (Wildman–Crippen MR) is 99.8 cm³/mol. The van der Waals surface area contributed by atoms with Gasteiger partial charge in [0.15, 0.2) is 17.3 Å². The maximum absolute atomic E-state index is 13.4. The van der Waals surface area contributed by atoms with Crippen LogP contribution in [0.1, 0.15) is 43.9 Å². The number of carbonyl (C=O) groups is 2. The average molecular weight is 391 g/mol. The van der Waals surface area contributed by atoms with Gasteiger partial charge in [0, 0.05) is 29.9 Å². The Bertz CT molecular complexity index is 920. The molecule has 2 heterocycles. The van der Waals surface area contributed by atoms with Gasteiger partial charge >= 0.3 is 6.03 Å². The third kappa shape index (κ3) is 4.13. The predicted octanol–water partition coefficient (Wildman–Crippen LogP) is 3.13. The highest BCUT2D eigenvalue weighted by molar-refractivity contribution is 5.94. The highest BCUT2D eigenvalue weighted by Gasteiger charge is 2.31. The normalized spacial score (nSPS) is 16.5. The van der Waals surface area contributed by atoms with Gasteiger partial charge < -0.3 is 20.1 Å². The van der Waals surface area contributed by atoms with E-state index in [1.165, 1.54) is 11.0 Å². The molecule has 9 heteroatoms. The number of urea groups is 1. The molecule has 0 saturated heterocycles. The number of imidazole rings is 1. The summed E-state index contributed by atoms with van der Waals surface area (Å²) in [4.78, 5) is 31.0. The zero-order valence-corrected chi connectivity index (χ0v) is 16.2. The van der Waals surface area contributed by atoms with E-state index in [-0.39, 0.29) is 29.9 Å². The number of hydrogen-bond acceptors (Lipinski definition) is 3. The number of rotatable bonds is 2. The minimum absolute atomic E-state index is 0.154. The number of halogens is 2. The Kier molecular flexibility index (Phi) is 5.10. The van der Waals surface area contributed by atoms with Gasteiger partial charge in [0.2, 0.25) is 0 Å². The first-order valence-corrected chi connectivity index (χ1v) is 8.94. The Hall–Kier alpha value is -2.97. The second kappa shape index (κ2) is 7.21. The van der Waals surface area contributed by atoms with Gasteiger partial charge in [-0.1, -0.05) is 0 Å². The summed E-state index contributed by atoms with van der Waals surface area (Å²) in [5, 5.41) is 5.44. The fourth-order valence-electron chi connectivity index (χ4n) is 3.06. The smallest absolute Gasteiger partial charge is 0.322 e. The number of aromatic nitrogens is 2. The van der Waals surface area contributed by atoms with E-state index in [0.29, 0.717) is 12.2 Å². The Morgan fingerprint density at radius 3 is 2.57 bits per heavy atom. The van der Waals surface area contributed by atoms with Crippen LogP contribution >= 0.6 is 0 Å². The number of nitrogens with zero attached hydrogens (tertiary/aromatic N) is 3. The zero-order chi connectivity index (χ0) is 20.6. The summed E-state index contributed by atoms with van der Waals surface area (Å²) in [6.07, 6.45) is 1.59. The molecule has 0 bridgehead atoms. The van der Waals surface area contributed by atoms with Crippen LogP contribution in [0, 0.1) is 11.6 Å². The van der Waals surface area contributed by atoms with Gasteiger partial charge in [-0.25, -0.2) is 18.6 Å². The van der Waals surface area contributed by atoms with Gasteiger partial charge in [0.05, 0.1) is 18.6 Å². The average Bonchev–Trinajstić information content (AvgIpc) is 2.98. The number of hydrogen-bond donors (Lipinski definition) is 2. The van der Waals surface area contributed by atoms with Crippen LogP contribution in [-0.4, -0.2) is 38.0 Å². The van der Waals surface area contributed by atoms with Gasteiger partial charge in [-0.3, -0.25) is 4.79 Å². The van der Waals surface area contributed by atoms with E-state index in [4.69, 9.17) is 0 Å². The van der Waals surface area contributed by atoms with Crippen molar-refractivity contribution in [3.63, 3.8) is 0 Å². The lowest BCUT2D eigenvalue weighted by Crippen LogP contribution is -2.47. The molecule has 0 fully saturated rings. The van der Waals surface area contributed by atoms with Gasteiger partial charge in [0.1, 0.15) is 0 Å². The van der Waals surface area contributed by atoms with Crippen LogP contribution in [0.5, 0.6) is 0 Å². The summed E-state index contributed by atoms with van der Waals surface area (Å²) in [5.41, 5.74) is 0.632. The molecule has 28 heavy (non-hydrogen) atoms. The van der Waals surface area contributed by atoms with Crippen LogP contribution in [0.3, 0.4) is 0 Å². The highest BCUT2D eigenvalue weighted by Crippen LogP contribution is 2.22. The SMILES string of the molecule is C[C@H]1Cn2cnc(C(=O)NC(C)(C)C)c2CN1C(=O)Nc1ccc(F)c(F)c1. The van der Waals surface area contributed by atoms with E-state index in [1.54, 1.807) is 6.33 Å². The molecule has 1 aliphatic rings. The number of nitrogens with one attached hydrogen (secondary N) is 2. The Morgan fingerprint density at radius 2 is 1.93 bits per heavy atom. The van der Waals surface area contributed by atoms with Gasteiger partial charge in [-0.2, -0.15) is 0 Å². The Balaban J connectivity index is 1.79. The van der Waals surface area contributed by atoms with Crippen LogP contribution < -0.4 is 10.6 Å². The molecule has 3 rings (SSSR count). The molecule has 3 amide bonds. The number of amides is 3. The molecular weight excluding hydrogens is 368 g/mol. The minimum atomic E-state index is -1.04. The zero-order valence-electron chi connectivity index (χ0n) is 16.2. The van der Waals surface area contributed by atoms with Crippen molar-refractivity contribution in [2.75, 3.05) is 5.32 Å².